The van der Waals surface area contributed by atoms with Gasteiger partial charge in [0, 0.05) is 11.2 Å². The Morgan fingerprint density at radius 1 is 1.44 bits per heavy atom. The summed E-state index contributed by atoms with van der Waals surface area (Å²) < 4.78 is 0. The van der Waals surface area contributed by atoms with Gasteiger partial charge in [0.05, 0.1) is 5.92 Å². The van der Waals surface area contributed by atoms with Gasteiger partial charge in [-0.1, -0.05) is 36.0 Å². The minimum Gasteiger partial charge on any atom is -0.481 e. The van der Waals surface area contributed by atoms with Crippen molar-refractivity contribution < 1.29 is 9.90 Å². The van der Waals surface area contributed by atoms with Gasteiger partial charge in [-0.05, 0) is 36.8 Å². The van der Waals surface area contributed by atoms with Crippen molar-refractivity contribution in [3.05, 3.63) is 28.0 Å². The first-order valence-electron chi connectivity index (χ1n) is 6.10. The van der Waals surface area contributed by atoms with Crippen LogP contribution in [0.15, 0.2) is 12.3 Å². The van der Waals surface area contributed by atoms with Crippen LogP contribution in [0.4, 0.5) is 0 Å². The number of halogens is 2. The van der Waals surface area contributed by atoms with Gasteiger partial charge in [0.1, 0.15) is 5.15 Å². The van der Waals surface area contributed by atoms with Crippen molar-refractivity contribution in [2.75, 3.05) is 0 Å². The van der Waals surface area contributed by atoms with E-state index in [-0.39, 0.29) is 11.8 Å². The molecule has 2 rings (SSSR count). The highest BCUT2D eigenvalue weighted by atomic mass is 35.5. The number of pyridine rings is 1. The number of aromatic nitrogens is 1. The third-order valence-electron chi connectivity index (χ3n) is 3.62. The van der Waals surface area contributed by atoms with Crippen LogP contribution in [0.2, 0.25) is 10.2 Å². The zero-order chi connectivity index (χ0) is 13.1. The van der Waals surface area contributed by atoms with Crippen LogP contribution in [0.1, 0.15) is 31.2 Å². The minimum atomic E-state index is -0.743. The van der Waals surface area contributed by atoms with Crippen LogP contribution in [-0.2, 0) is 11.2 Å². The highest BCUT2D eigenvalue weighted by Crippen LogP contribution is 2.34. The molecule has 1 aromatic rings. The topological polar surface area (TPSA) is 50.2 Å². The first kappa shape index (κ1) is 13.6. The molecule has 3 nitrogen and oxygen atoms in total. The van der Waals surface area contributed by atoms with E-state index in [0.29, 0.717) is 16.6 Å². The standard InChI is InChI=1S/C13H15Cl2NO2/c14-11-6-12(15)16-7-9(11)5-10(13(17)18)8-3-1-2-4-8/h6-8,10H,1-5H2,(H,17,18). The van der Waals surface area contributed by atoms with Crippen molar-refractivity contribution in [3.63, 3.8) is 0 Å². The highest BCUT2D eigenvalue weighted by Gasteiger charge is 2.31. The summed E-state index contributed by atoms with van der Waals surface area (Å²) in [6.45, 7) is 0. The molecular formula is C13H15Cl2NO2. The van der Waals surface area contributed by atoms with E-state index in [1.807, 2.05) is 0 Å². The predicted molar refractivity (Wildman–Crippen MR) is 71.0 cm³/mol. The van der Waals surface area contributed by atoms with Crippen molar-refractivity contribution in [1.82, 2.24) is 4.98 Å². The van der Waals surface area contributed by atoms with Crippen molar-refractivity contribution >= 4 is 29.2 Å². The summed E-state index contributed by atoms with van der Waals surface area (Å²) in [5, 5.41) is 10.2. The van der Waals surface area contributed by atoms with Crippen LogP contribution in [0.25, 0.3) is 0 Å². The van der Waals surface area contributed by atoms with Crippen LogP contribution in [-0.4, -0.2) is 16.1 Å². The molecule has 1 fully saturated rings. The molecule has 0 radical (unpaired) electrons. The zero-order valence-electron chi connectivity index (χ0n) is 9.90. The van der Waals surface area contributed by atoms with Crippen LogP contribution < -0.4 is 0 Å². The number of carbonyl (C=O) groups is 1. The number of rotatable bonds is 4. The van der Waals surface area contributed by atoms with Crippen LogP contribution in [0, 0.1) is 11.8 Å². The van der Waals surface area contributed by atoms with Gasteiger partial charge in [0.25, 0.3) is 0 Å². The number of carboxylic acids is 1. The molecule has 1 aliphatic carbocycles. The van der Waals surface area contributed by atoms with Gasteiger partial charge in [0.2, 0.25) is 0 Å². The number of aliphatic carboxylic acids is 1. The monoisotopic (exact) mass is 287 g/mol. The van der Waals surface area contributed by atoms with Crippen molar-refractivity contribution in [3.8, 4) is 0 Å². The second-order valence-corrected chi connectivity index (χ2v) is 5.59. The number of hydrogen-bond donors (Lipinski definition) is 1. The summed E-state index contributed by atoms with van der Waals surface area (Å²) in [6, 6.07) is 1.56. The largest absolute Gasteiger partial charge is 0.481 e. The lowest BCUT2D eigenvalue weighted by Gasteiger charge is -2.19. The van der Waals surface area contributed by atoms with Crippen LogP contribution >= 0.6 is 23.2 Å². The second-order valence-electron chi connectivity index (χ2n) is 4.79. The zero-order valence-corrected chi connectivity index (χ0v) is 11.4. The molecule has 18 heavy (non-hydrogen) atoms. The third-order valence-corrected chi connectivity index (χ3v) is 4.18. The maximum absolute atomic E-state index is 11.4. The van der Waals surface area contributed by atoms with E-state index in [4.69, 9.17) is 23.2 Å². The summed E-state index contributed by atoms with van der Waals surface area (Å²) in [5.74, 6) is -0.852. The molecule has 1 aromatic heterocycles. The third kappa shape index (κ3) is 3.15. The predicted octanol–water partition coefficient (Wildman–Crippen LogP) is 3.82. The molecule has 1 saturated carbocycles. The average molecular weight is 288 g/mol. The molecule has 0 aliphatic heterocycles. The Bertz CT molecular complexity index is 445. The number of hydrogen-bond acceptors (Lipinski definition) is 2. The van der Waals surface area contributed by atoms with Gasteiger partial charge in [0.15, 0.2) is 0 Å². The lowest BCUT2D eigenvalue weighted by atomic mass is 9.86. The highest BCUT2D eigenvalue weighted by molar-refractivity contribution is 6.34. The summed E-state index contributed by atoms with van der Waals surface area (Å²) in [7, 11) is 0. The average Bonchev–Trinajstić information content (AvgIpc) is 2.80. The Morgan fingerprint density at radius 2 is 2.11 bits per heavy atom. The molecule has 0 bridgehead atoms. The number of carboxylic acid groups (broad SMARTS) is 1. The fraction of sp³-hybridized carbons (Fsp3) is 0.538. The molecule has 0 aromatic carbocycles. The van der Waals surface area contributed by atoms with E-state index < -0.39 is 5.97 Å². The molecule has 0 spiro atoms. The second kappa shape index (κ2) is 5.89. The Hall–Kier alpha value is -0.800. The van der Waals surface area contributed by atoms with Crippen molar-refractivity contribution in [2.45, 2.75) is 32.1 Å². The molecule has 1 heterocycles. The smallest absolute Gasteiger partial charge is 0.307 e. The van der Waals surface area contributed by atoms with E-state index in [9.17, 15) is 9.90 Å². The summed E-state index contributed by atoms with van der Waals surface area (Å²) in [4.78, 5) is 15.3. The maximum Gasteiger partial charge on any atom is 0.307 e. The first-order chi connectivity index (χ1) is 8.58. The van der Waals surface area contributed by atoms with Gasteiger partial charge < -0.3 is 5.11 Å². The molecular weight excluding hydrogens is 273 g/mol. The molecule has 0 amide bonds. The Labute approximate surface area is 116 Å². The number of nitrogens with zero attached hydrogens (tertiary/aromatic N) is 1. The van der Waals surface area contributed by atoms with E-state index in [2.05, 4.69) is 4.98 Å². The summed E-state index contributed by atoms with van der Waals surface area (Å²) in [6.07, 6.45) is 6.26. The molecule has 1 atom stereocenters. The molecule has 1 N–H and O–H groups in total. The van der Waals surface area contributed by atoms with Gasteiger partial charge in [-0.3, -0.25) is 4.79 Å². The molecule has 1 unspecified atom stereocenters. The Kier molecular flexibility index (Phi) is 4.46. The molecule has 98 valence electrons. The molecule has 1 aliphatic rings. The maximum atomic E-state index is 11.4. The van der Waals surface area contributed by atoms with E-state index >= 15 is 0 Å². The van der Waals surface area contributed by atoms with Crippen LogP contribution in [0.5, 0.6) is 0 Å². The minimum absolute atomic E-state index is 0.259. The molecule has 0 saturated heterocycles. The van der Waals surface area contributed by atoms with E-state index in [0.717, 1.165) is 31.2 Å². The lowest BCUT2D eigenvalue weighted by Crippen LogP contribution is -2.24. The van der Waals surface area contributed by atoms with Gasteiger partial charge in [-0.25, -0.2) is 4.98 Å². The summed E-state index contributed by atoms with van der Waals surface area (Å²) in [5.41, 5.74) is 0.764. The summed E-state index contributed by atoms with van der Waals surface area (Å²) >= 11 is 11.8. The quantitative estimate of drug-likeness (QED) is 0.857. The van der Waals surface area contributed by atoms with E-state index in [1.165, 1.54) is 0 Å². The van der Waals surface area contributed by atoms with Crippen LogP contribution in [0.3, 0.4) is 0 Å². The fourth-order valence-electron chi connectivity index (χ4n) is 2.64. The molecule has 5 heteroatoms. The van der Waals surface area contributed by atoms with E-state index in [1.54, 1.807) is 12.3 Å². The fourth-order valence-corrected chi connectivity index (χ4v) is 3.08. The lowest BCUT2D eigenvalue weighted by molar-refractivity contribution is -0.143. The van der Waals surface area contributed by atoms with Gasteiger partial charge in [-0.2, -0.15) is 0 Å². The SMILES string of the molecule is O=C(O)C(Cc1cnc(Cl)cc1Cl)C1CCCC1. The Balaban J connectivity index is 2.15. The van der Waals surface area contributed by atoms with Gasteiger partial charge in [-0.15, -0.1) is 0 Å². The normalized spacial score (nSPS) is 17.9. The Morgan fingerprint density at radius 3 is 2.67 bits per heavy atom. The first-order valence-corrected chi connectivity index (χ1v) is 6.86. The van der Waals surface area contributed by atoms with Crippen molar-refractivity contribution in [2.24, 2.45) is 11.8 Å². The van der Waals surface area contributed by atoms with Crippen molar-refractivity contribution in [1.29, 1.82) is 0 Å². The van der Waals surface area contributed by atoms with Gasteiger partial charge >= 0.3 is 5.97 Å².